The van der Waals surface area contributed by atoms with E-state index in [1.807, 2.05) is 13.8 Å². The molecule has 1 aromatic rings. The van der Waals surface area contributed by atoms with E-state index in [1.165, 1.54) is 0 Å². The first kappa shape index (κ1) is 12.7. The normalized spacial score (nSPS) is 10.5. The van der Waals surface area contributed by atoms with Crippen molar-refractivity contribution in [3.63, 3.8) is 0 Å². The molecule has 4 nitrogen and oxygen atoms in total. The summed E-state index contributed by atoms with van der Waals surface area (Å²) in [6.07, 6.45) is 0.397. The number of anilines is 1. The Balaban J connectivity index is 2.84. The van der Waals surface area contributed by atoms with Gasteiger partial charge in [0, 0.05) is 6.42 Å². The van der Waals surface area contributed by atoms with Crippen LogP contribution in [-0.2, 0) is 4.79 Å². The summed E-state index contributed by atoms with van der Waals surface area (Å²) in [7, 11) is 0. The fourth-order valence-electron chi connectivity index (χ4n) is 1.32. The molecular weight excluding hydrogens is 226 g/mol. The molecule has 0 aromatic carbocycles. The van der Waals surface area contributed by atoms with Gasteiger partial charge in [0.2, 0.25) is 5.91 Å². The van der Waals surface area contributed by atoms with Crippen molar-refractivity contribution in [1.82, 2.24) is 0 Å². The number of hydrogen-bond acceptors (Lipinski definition) is 3. The summed E-state index contributed by atoms with van der Waals surface area (Å²) in [6, 6.07) is 0. The summed E-state index contributed by atoms with van der Waals surface area (Å²) in [5.74, 6) is -0.885. The summed E-state index contributed by atoms with van der Waals surface area (Å²) < 4.78 is 0. The molecule has 1 aromatic heterocycles. The minimum Gasteiger partial charge on any atom is -0.477 e. The number of carboxylic acids is 1. The largest absolute Gasteiger partial charge is 0.477 e. The van der Waals surface area contributed by atoms with Crippen LogP contribution in [-0.4, -0.2) is 17.0 Å². The van der Waals surface area contributed by atoms with Gasteiger partial charge in [-0.15, -0.1) is 11.3 Å². The second-order valence-electron chi connectivity index (χ2n) is 4.07. The summed E-state index contributed by atoms with van der Waals surface area (Å²) in [5.41, 5.74) is 1.22. The summed E-state index contributed by atoms with van der Waals surface area (Å²) >= 11 is 1.13. The molecule has 0 fully saturated rings. The van der Waals surface area contributed by atoms with Crippen LogP contribution in [0.1, 0.15) is 35.5 Å². The molecule has 0 spiro atoms. The summed E-state index contributed by atoms with van der Waals surface area (Å²) in [6.45, 7) is 5.67. The Morgan fingerprint density at radius 1 is 1.50 bits per heavy atom. The zero-order valence-electron chi connectivity index (χ0n) is 9.53. The van der Waals surface area contributed by atoms with Crippen LogP contribution in [0.4, 0.5) is 5.69 Å². The van der Waals surface area contributed by atoms with Gasteiger partial charge < -0.3 is 10.4 Å². The van der Waals surface area contributed by atoms with Gasteiger partial charge in [-0.25, -0.2) is 4.79 Å². The lowest BCUT2D eigenvalue weighted by atomic mass is 10.1. The topological polar surface area (TPSA) is 66.4 Å². The number of rotatable bonds is 4. The first-order valence-corrected chi connectivity index (χ1v) is 5.91. The Bertz CT molecular complexity index is 409. The van der Waals surface area contributed by atoms with Crippen molar-refractivity contribution in [2.75, 3.05) is 5.32 Å². The van der Waals surface area contributed by atoms with E-state index in [9.17, 15) is 9.59 Å². The van der Waals surface area contributed by atoms with E-state index >= 15 is 0 Å². The lowest BCUT2D eigenvalue weighted by Crippen LogP contribution is -2.15. The van der Waals surface area contributed by atoms with Gasteiger partial charge in [-0.1, -0.05) is 13.8 Å². The molecule has 1 rings (SSSR count). The third-order valence-corrected chi connectivity index (χ3v) is 3.11. The molecule has 0 saturated carbocycles. The predicted molar refractivity (Wildman–Crippen MR) is 64.1 cm³/mol. The van der Waals surface area contributed by atoms with Gasteiger partial charge in [0.25, 0.3) is 0 Å². The Kier molecular flexibility index (Phi) is 4.06. The molecule has 16 heavy (non-hydrogen) atoms. The molecular formula is C11H15NO3S. The van der Waals surface area contributed by atoms with E-state index in [2.05, 4.69) is 5.32 Å². The first-order valence-electron chi connectivity index (χ1n) is 5.03. The fourth-order valence-corrected chi connectivity index (χ4v) is 2.16. The molecule has 0 atom stereocenters. The molecule has 0 radical (unpaired) electrons. The highest BCUT2D eigenvalue weighted by atomic mass is 32.1. The Hall–Kier alpha value is -1.36. The molecule has 88 valence electrons. The number of hydrogen-bond donors (Lipinski definition) is 2. The number of thiophene rings is 1. The van der Waals surface area contributed by atoms with Gasteiger partial charge in [0.15, 0.2) is 0 Å². The van der Waals surface area contributed by atoms with Crippen LogP contribution in [0.2, 0.25) is 0 Å². The smallest absolute Gasteiger partial charge is 0.348 e. The molecule has 0 unspecified atom stereocenters. The SMILES string of the molecule is Cc1csc(C(=O)O)c1NC(=O)CC(C)C. The van der Waals surface area contributed by atoms with Crippen LogP contribution in [0, 0.1) is 12.8 Å². The Labute approximate surface area is 98.3 Å². The average Bonchev–Trinajstić information content (AvgIpc) is 2.46. The minimum atomic E-state index is -1.00. The lowest BCUT2D eigenvalue weighted by molar-refractivity contribution is -0.116. The average molecular weight is 241 g/mol. The van der Waals surface area contributed by atoms with Crippen LogP contribution < -0.4 is 5.32 Å². The molecule has 0 aliphatic carbocycles. The maximum atomic E-state index is 11.5. The highest BCUT2D eigenvalue weighted by Gasteiger charge is 2.17. The van der Waals surface area contributed by atoms with Crippen molar-refractivity contribution < 1.29 is 14.7 Å². The molecule has 0 bridgehead atoms. The molecule has 5 heteroatoms. The van der Waals surface area contributed by atoms with E-state index < -0.39 is 5.97 Å². The van der Waals surface area contributed by atoms with Gasteiger partial charge in [0.1, 0.15) is 4.88 Å². The van der Waals surface area contributed by atoms with Crippen LogP contribution >= 0.6 is 11.3 Å². The Morgan fingerprint density at radius 3 is 2.62 bits per heavy atom. The van der Waals surface area contributed by atoms with E-state index in [1.54, 1.807) is 12.3 Å². The zero-order valence-corrected chi connectivity index (χ0v) is 10.4. The molecule has 1 amide bonds. The number of carboxylic acid groups (broad SMARTS) is 1. The maximum Gasteiger partial charge on any atom is 0.348 e. The second-order valence-corrected chi connectivity index (χ2v) is 4.95. The maximum absolute atomic E-state index is 11.5. The molecule has 1 heterocycles. The van der Waals surface area contributed by atoms with E-state index in [0.717, 1.165) is 16.9 Å². The standard InChI is InChI=1S/C11H15NO3S/c1-6(2)4-8(13)12-9-7(3)5-16-10(9)11(14)15/h5-6H,4H2,1-3H3,(H,12,13)(H,14,15). The van der Waals surface area contributed by atoms with Crippen LogP contribution in [0.3, 0.4) is 0 Å². The fraction of sp³-hybridized carbons (Fsp3) is 0.455. The van der Waals surface area contributed by atoms with Gasteiger partial charge in [-0.2, -0.15) is 0 Å². The van der Waals surface area contributed by atoms with Crippen molar-refractivity contribution in [3.05, 3.63) is 15.8 Å². The van der Waals surface area contributed by atoms with E-state index in [4.69, 9.17) is 5.11 Å². The van der Waals surface area contributed by atoms with Crippen molar-refractivity contribution in [1.29, 1.82) is 0 Å². The van der Waals surface area contributed by atoms with Crippen molar-refractivity contribution >= 4 is 28.9 Å². The molecule has 2 N–H and O–H groups in total. The zero-order chi connectivity index (χ0) is 12.3. The number of carbonyl (C=O) groups is 2. The highest BCUT2D eigenvalue weighted by molar-refractivity contribution is 7.12. The van der Waals surface area contributed by atoms with Gasteiger partial charge in [-0.3, -0.25) is 4.79 Å². The van der Waals surface area contributed by atoms with E-state index in [0.29, 0.717) is 12.1 Å². The number of aromatic carboxylic acids is 1. The number of aryl methyl sites for hydroxylation is 1. The van der Waals surface area contributed by atoms with Gasteiger partial charge in [-0.05, 0) is 23.8 Å². The number of carbonyl (C=O) groups excluding carboxylic acids is 1. The number of amides is 1. The monoisotopic (exact) mass is 241 g/mol. The van der Waals surface area contributed by atoms with Crippen LogP contribution in [0.15, 0.2) is 5.38 Å². The number of nitrogens with one attached hydrogen (secondary N) is 1. The van der Waals surface area contributed by atoms with Crippen LogP contribution in [0.25, 0.3) is 0 Å². The minimum absolute atomic E-state index is 0.140. The second kappa shape index (κ2) is 5.12. The quantitative estimate of drug-likeness (QED) is 0.851. The Morgan fingerprint density at radius 2 is 2.12 bits per heavy atom. The van der Waals surface area contributed by atoms with Crippen molar-refractivity contribution in [2.45, 2.75) is 27.2 Å². The summed E-state index contributed by atoms with van der Waals surface area (Å²) in [5, 5.41) is 13.3. The first-order chi connectivity index (χ1) is 7.41. The highest BCUT2D eigenvalue weighted by Crippen LogP contribution is 2.27. The third kappa shape index (κ3) is 3.06. The predicted octanol–water partition coefficient (Wildman–Crippen LogP) is 2.74. The van der Waals surface area contributed by atoms with Gasteiger partial charge >= 0.3 is 5.97 Å². The van der Waals surface area contributed by atoms with Crippen molar-refractivity contribution in [3.8, 4) is 0 Å². The third-order valence-electron chi connectivity index (χ3n) is 2.03. The molecule has 0 aliphatic rings. The molecule has 0 saturated heterocycles. The van der Waals surface area contributed by atoms with Crippen molar-refractivity contribution in [2.24, 2.45) is 5.92 Å². The molecule has 0 aliphatic heterocycles. The summed E-state index contributed by atoms with van der Waals surface area (Å²) in [4.78, 5) is 22.6. The lowest BCUT2D eigenvalue weighted by Gasteiger charge is -2.07. The van der Waals surface area contributed by atoms with E-state index in [-0.39, 0.29) is 16.7 Å². The van der Waals surface area contributed by atoms with Gasteiger partial charge in [0.05, 0.1) is 5.69 Å². The van der Waals surface area contributed by atoms with Crippen LogP contribution in [0.5, 0.6) is 0 Å².